The number of dihydropyridines is 1. The highest BCUT2D eigenvalue weighted by Crippen LogP contribution is 2.47. The molecular weight excluding hydrogens is 466 g/mol. The molecule has 6 nitrogen and oxygen atoms in total. The van der Waals surface area contributed by atoms with Crippen LogP contribution < -0.4 is 14.8 Å². The number of hydrogen-bond acceptors (Lipinski definition) is 6. The van der Waals surface area contributed by atoms with Crippen LogP contribution in [0, 0.1) is 0 Å². The second-order valence-corrected chi connectivity index (χ2v) is 9.20. The Kier molecular flexibility index (Phi) is 7.51. The van der Waals surface area contributed by atoms with Crippen LogP contribution in [0.2, 0.25) is 5.02 Å². The van der Waals surface area contributed by atoms with Crippen LogP contribution in [0.5, 0.6) is 11.5 Å². The smallest absolute Gasteiger partial charge is 0.336 e. The second kappa shape index (κ2) is 10.6. The van der Waals surface area contributed by atoms with E-state index in [0.717, 1.165) is 16.8 Å². The minimum absolute atomic E-state index is 0.0169. The van der Waals surface area contributed by atoms with E-state index >= 15 is 0 Å². The SMILES string of the molecule is CCCOC(=O)C1=C(C)NC2=C(C(=O)C[C@@H](c3ccc(OC)c(OC)c3)C2)[C@@H]1c1ccccc1Cl. The summed E-state index contributed by atoms with van der Waals surface area (Å²) in [4.78, 5) is 26.8. The molecule has 2 aliphatic rings. The summed E-state index contributed by atoms with van der Waals surface area (Å²) in [5, 5.41) is 3.87. The highest BCUT2D eigenvalue weighted by molar-refractivity contribution is 6.31. The van der Waals surface area contributed by atoms with Gasteiger partial charge in [-0.05, 0) is 55.0 Å². The lowest BCUT2D eigenvalue weighted by atomic mass is 9.71. The Morgan fingerprint density at radius 3 is 2.51 bits per heavy atom. The number of ether oxygens (including phenoxy) is 3. The third-order valence-electron chi connectivity index (χ3n) is 6.58. The number of ketones is 1. The van der Waals surface area contributed by atoms with Gasteiger partial charge >= 0.3 is 5.97 Å². The molecule has 184 valence electrons. The number of carbonyl (C=O) groups excluding carboxylic acids is 2. The summed E-state index contributed by atoms with van der Waals surface area (Å²) < 4.78 is 16.3. The molecule has 1 N–H and O–H groups in total. The predicted molar refractivity (Wildman–Crippen MR) is 135 cm³/mol. The van der Waals surface area contributed by atoms with E-state index < -0.39 is 11.9 Å². The van der Waals surface area contributed by atoms with Crippen molar-refractivity contribution < 1.29 is 23.8 Å². The third kappa shape index (κ3) is 4.80. The van der Waals surface area contributed by atoms with Crippen molar-refractivity contribution >= 4 is 23.4 Å². The van der Waals surface area contributed by atoms with Crippen molar-refractivity contribution in [2.75, 3.05) is 20.8 Å². The van der Waals surface area contributed by atoms with Crippen LogP contribution in [0.25, 0.3) is 0 Å². The topological polar surface area (TPSA) is 73.9 Å². The molecule has 0 saturated heterocycles. The zero-order chi connectivity index (χ0) is 25.1. The van der Waals surface area contributed by atoms with E-state index in [9.17, 15) is 9.59 Å². The number of halogens is 1. The van der Waals surface area contributed by atoms with Gasteiger partial charge in [-0.2, -0.15) is 0 Å². The van der Waals surface area contributed by atoms with Gasteiger partial charge in [-0.1, -0.05) is 42.8 Å². The fourth-order valence-corrected chi connectivity index (χ4v) is 5.19. The fraction of sp³-hybridized carbons (Fsp3) is 0.357. The Labute approximate surface area is 210 Å². The number of methoxy groups -OCH3 is 2. The van der Waals surface area contributed by atoms with Gasteiger partial charge in [-0.3, -0.25) is 4.79 Å². The molecule has 0 saturated carbocycles. The van der Waals surface area contributed by atoms with Gasteiger partial charge in [0.15, 0.2) is 17.3 Å². The molecular formula is C28H30ClNO5. The van der Waals surface area contributed by atoms with Gasteiger partial charge in [0.2, 0.25) is 0 Å². The van der Waals surface area contributed by atoms with Crippen molar-refractivity contribution in [2.24, 2.45) is 0 Å². The number of benzene rings is 2. The van der Waals surface area contributed by atoms with Crippen molar-refractivity contribution in [2.45, 2.75) is 44.9 Å². The van der Waals surface area contributed by atoms with E-state index in [1.165, 1.54) is 0 Å². The second-order valence-electron chi connectivity index (χ2n) is 8.79. The van der Waals surface area contributed by atoms with Crippen LogP contribution in [0.1, 0.15) is 56.1 Å². The summed E-state index contributed by atoms with van der Waals surface area (Å²) in [7, 11) is 3.19. The number of esters is 1. The average molecular weight is 496 g/mol. The molecule has 0 fully saturated rings. The maximum atomic E-state index is 13.7. The van der Waals surface area contributed by atoms with Gasteiger partial charge in [-0.15, -0.1) is 0 Å². The molecule has 0 bridgehead atoms. The van der Waals surface area contributed by atoms with Crippen LogP contribution in [-0.4, -0.2) is 32.6 Å². The van der Waals surface area contributed by atoms with Crippen LogP contribution in [0.3, 0.4) is 0 Å². The number of rotatable bonds is 7. The van der Waals surface area contributed by atoms with Gasteiger partial charge in [0.25, 0.3) is 0 Å². The first-order chi connectivity index (χ1) is 16.9. The van der Waals surface area contributed by atoms with Crippen LogP contribution in [0.4, 0.5) is 0 Å². The van der Waals surface area contributed by atoms with Crippen LogP contribution in [0.15, 0.2) is 65.0 Å². The van der Waals surface area contributed by atoms with E-state index in [1.807, 2.05) is 50.2 Å². The summed E-state index contributed by atoms with van der Waals surface area (Å²) >= 11 is 6.59. The predicted octanol–water partition coefficient (Wildman–Crippen LogP) is 5.67. The Bertz CT molecular complexity index is 1220. The zero-order valence-electron chi connectivity index (χ0n) is 20.4. The monoisotopic (exact) mass is 495 g/mol. The van der Waals surface area contributed by atoms with Crippen LogP contribution in [-0.2, 0) is 14.3 Å². The van der Waals surface area contributed by atoms with E-state index in [2.05, 4.69) is 5.32 Å². The molecule has 0 unspecified atom stereocenters. The number of Topliss-reactive ketones (excluding diaryl/α,β-unsaturated/α-hetero) is 1. The Balaban J connectivity index is 1.77. The molecule has 1 aliphatic carbocycles. The minimum atomic E-state index is -0.580. The zero-order valence-corrected chi connectivity index (χ0v) is 21.2. The van der Waals surface area contributed by atoms with Crippen molar-refractivity contribution in [3.63, 3.8) is 0 Å². The van der Waals surface area contributed by atoms with Gasteiger partial charge in [-0.25, -0.2) is 4.79 Å². The molecule has 1 aliphatic heterocycles. The molecule has 2 aromatic carbocycles. The lowest BCUT2D eigenvalue weighted by Gasteiger charge is -2.37. The van der Waals surface area contributed by atoms with Gasteiger partial charge in [0, 0.05) is 34.3 Å². The van der Waals surface area contributed by atoms with Crippen molar-refractivity contribution in [1.29, 1.82) is 0 Å². The fourth-order valence-electron chi connectivity index (χ4n) is 4.94. The van der Waals surface area contributed by atoms with Crippen molar-refractivity contribution in [3.05, 3.63) is 81.2 Å². The van der Waals surface area contributed by atoms with Crippen molar-refractivity contribution in [3.8, 4) is 11.5 Å². The molecule has 35 heavy (non-hydrogen) atoms. The van der Waals surface area contributed by atoms with E-state index in [1.54, 1.807) is 20.3 Å². The maximum Gasteiger partial charge on any atom is 0.336 e. The summed E-state index contributed by atoms with van der Waals surface area (Å²) in [6.45, 7) is 4.10. The number of allylic oxidation sites excluding steroid dienone is 3. The largest absolute Gasteiger partial charge is 0.493 e. The summed E-state index contributed by atoms with van der Waals surface area (Å²) in [6, 6.07) is 13.1. The summed E-state index contributed by atoms with van der Waals surface area (Å²) in [5.41, 5.74) is 4.23. The van der Waals surface area contributed by atoms with E-state index in [4.69, 9.17) is 25.8 Å². The Morgan fingerprint density at radius 2 is 1.83 bits per heavy atom. The normalized spacial score (nSPS) is 19.7. The maximum absolute atomic E-state index is 13.7. The number of hydrogen-bond donors (Lipinski definition) is 1. The first-order valence-electron chi connectivity index (χ1n) is 11.8. The molecule has 7 heteroatoms. The number of nitrogens with one attached hydrogen (secondary N) is 1. The Hall–Kier alpha value is -3.25. The van der Waals surface area contributed by atoms with Gasteiger partial charge < -0.3 is 19.5 Å². The highest BCUT2D eigenvalue weighted by Gasteiger charge is 2.42. The minimum Gasteiger partial charge on any atom is -0.493 e. The third-order valence-corrected chi connectivity index (χ3v) is 6.92. The first-order valence-corrected chi connectivity index (χ1v) is 12.1. The average Bonchev–Trinajstić information content (AvgIpc) is 2.86. The quantitative estimate of drug-likeness (QED) is 0.499. The molecule has 0 aromatic heterocycles. The van der Waals surface area contributed by atoms with E-state index in [-0.39, 0.29) is 11.7 Å². The van der Waals surface area contributed by atoms with Crippen LogP contribution >= 0.6 is 11.6 Å². The van der Waals surface area contributed by atoms with Gasteiger partial charge in [0.05, 0.1) is 26.4 Å². The molecule has 0 spiro atoms. The molecule has 2 aromatic rings. The molecule has 4 rings (SSSR count). The standard InChI is InChI=1S/C28H30ClNO5/c1-5-12-35-28(32)25-16(2)30-21-13-18(17-10-11-23(33-3)24(15-17)34-4)14-22(31)27(21)26(25)19-8-6-7-9-20(19)29/h6-11,15,18,26,30H,5,12-14H2,1-4H3/t18-,26+/m0/s1. The molecule has 2 atom stereocenters. The van der Waals surface area contributed by atoms with Gasteiger partial charge in [0.1, 0.15) is 0 Å². The lowest BCUT2D eigenvalue weighted by Crippen LogP contribution is -2.36. The molecule has 0 amide bonds. The molecule has 1 heterocycles. The lowest BCUT2D eigenvalue weighted by molar-refractivity contribution is -0.139. The number of carbonyl (C=O) groups is 2. The summed E-state index contributed by atoms with van der Waals surface area (Å²) in [5.74, 6) is 0.201. The van der Waals surface area contributed by atoms with E-state index in [0.29, 0.717) is 59.2 Å². The Morgan fingerprint density at radius 1 is 1.09 bits per heavy atom. The first kappa shape index (κ1) is 24.9. The molecule has 0 radical (unpaired) electrons. The highest BCUT2D eigenvalue weighted by atomic mass is 35.5. The van der Waals surface area contributed by atoms with Crippen molar-refractivity contribution in [1.82, 2.24) is 5.32 Å². The summed E-state index contributed by atoms with van der Waals surface area (Å²) in [6.07, 6.45) is 1.64.